The molecule has 0 N–H and O–H groups in total. The van der Waals surface area contributed by atoms with E-state index in [-0.39, 0.29) is 5.81 Å². The van der Waals surface area contributed by atoms with Crippen LogP contribution in [-0.2, 0) is 20.5 Å². The molecule has 2 aromatic carbocycles. The van der Waals surface area contributed by atoms with Gasteiger partial charge in [-0.05, 0) is 0 Å². The normalized spacial score (nSPS) is 10.5. The Hall–Kier alpha value is -0.390. The van der Waals surface area contributed by atoms with Crippen LogP contribution in [0.4, 0.5) is 0 Å². The molecule has 14 heavy (non-hydrogen) atoms. The average Bonchev–Trinajstić information content (AvgIpc) is 2.30. The zero-order valence-electron chi connectivity index (χ0n) is 7.52. The van der Waals surface area contributed by atoms with Crippen molar-refractivity contribution < 1.29 is 20.5 Å². The van der Waals surface area contributed by atoms with Crippen LogP contribution < -0.4 is 10.6 Å². The first-order chi connectivity index (χ1) is 6.88. The van der Waals surface area contributed by atoms with Gasteiger partial charge in [0.1, 0.15) is 0 Å². The summed E-state index contributed by atoms with van der Waals surface area (Å²) >= 11 is 2.74. The molecule has 0 radical (unpaired) electrons. The molecule has 0 nitrogen and oxygen atoms in total. The molecular formula is C12H10AuP. The Morgan fingerprint density at radius 3 is 1.36 bits per heavy atom. The van der Waals surface area contributed by atoms with Gasteiger partial charge in [0.25, 0.3) is 0 Å². The number of rotatable bonds is 2. The summed E-state index contributed by atoms with van der Waals surface area (Å²) in [5.74, 6) is -0.226. The molecular weight excluding hydrogens is 372 g/mol. The van der Waals surface area contributed by atoms with Crippen LogP contribution in [0.25, 0.3) is 0 Å². The van der Waals surface area contributed by atoms with Gasteiger partial charge < -0.3 is 0 Å². The topological polar surface area (TPSA) is 0 Å². The van der Waals surface area contributed by atoms with E-state index < -0.39 is 0 Å². The zero-order chi connectivity index (χ0) is 9.80. The summed E-state index contributed by atoms with van der Waals surface area (Å²) in [5, 5.41) is 2.83. The fourth-order valence-electron chi connectivity index (χ4n) is 1.24. The van der Waals surface area contributed by atoms with E-state index >= 15 is 0 Å². The Morgan fingerprint density at radius 2 is 1.00 bits per heavy atom. The van der Waals surface area contributed by atoms with Crippen LogP contribution in [-0.4, -0.2) is 0 Å². The molecule has 0 aromatic heterocycles. The van der Waals surface area contributed by atoms with E-state index in [9.17, 15) is 0 Å². The number of benzene rings is 2. The summed E-state index contributed by atoms with van der Waals surface area (Å²) in [6.45, 7) is 0. The van der Waals surface area contributed by atoms with Crippen LogP contribution in [0.1, 0.15) is 0 Å². The van der Waals surface area contributed by atoms with Crippen molar-refractivity contribution in [3.63, 3.8) is 0 Å². The van der Waals surface area contributed by atoms with Gasteiger partial charge in [-0.25, -0.2) is 0 Å². The van der Waals surface area contributed by atoms with Gasteiger partial charge in [-0.1, -0.05) is 0 Å². The second kappa shape index (κ2) is 4.91. The molecule has 0 heterocycles. The Balaban J connectivity index is 2.30. The van der Waals surface area contributed by atoms with Crippen molar-refractivity contribution in [3.05, 3.63) is 60.7 Å². The molecule has 0 aliphatic heterocycles. The molecule has 2 rings (SSSR count). The van der Waals surface area contributed by atoms with Crippen molar-refractivity contribution in [3.8, 4) is 0 Å². The first-order valence-corrected chi connectivity index (χ1v) is 8.47. The van der Waals surface area contributed by atoms with Gasteiger partial charge in [-0.2, -0.15) is 0 Å². The SMILES string of the molecule is [Au][P](c1ccccc1)c1ccccc1. The monoisotopic (exact) mass is 382 g/mol. The second-order valence-electron chi connectivity index (χ2n) is 2.92. The summed E-state index contributed by atoms with van der Waals surface area (Å²) in [6, 6.07) is 21.3. The maximum absolute atomic E-state index is 2.74. The Kier molecular flexibility index (Phi) is 3.55. The standard InChI is InChI=1S/C12H10P.Au/c1-3-7-11(8-4-1)13-12-9-5-2-6-10-12;/h1-10H;/q-1;+1. The molecule has 0 fully saturated rings. The molecule has 0 aliphatic rings. The van der Waals surface area contributed by atoms with Gasteiger partial charge in [0.2, 0.25) is 0 Å². The Bertz CT molecular complexity index is 346. The summed E-state index contributed by atoms with van der Waals surface area (Å²) in [6.07, 6.45) is 0. The number of hydrogen-bond acceptors (Lipinski definition) is 0. The molecule has 0 saturated heterocycles. The summed E-state index contributed by atoms with van der Waals surface area (Å²) in [5.41, 5.74) is 0. The third-order valence-corrected chi connectivity index (χ3v) is 6.71. The molecule has 2 heteroatoms. The van der Waals surface area contributed by atoms with Gasteiger partial charge in [0.15, 0.2) is 0 Å². The maximum atomic E-state index is 2.74. The molecule has 74 valence electrons. The predicted molar refractivity (Wildman–Crippen MR) is 59.1 cm³/mol. The van der Waals surface area contributed by atoms with Crippen molar-refractivity contribution in [2.75, 3.05) is 0 Å². The van der Waals surface area contributed by atoms with Crippen LogP contribution in [0, 0.1) is 0 Å². The molecule has 0 bridgehead atoms. The van der Waals surface area contributed by atoms with Gasteiger partial charge in [0.05, 0.1) is 0 Å². The average molecular weight is 382 g/mol. The summed E-state index contributed by atoms with van der Waals surface area (Å²) in [7, 11) is 0. The van der Waals surface area contributed by atoms with Crippen LogP contribution in [0.15, 0.2) is 60.7 Å². The van der Waals surface area contributed by atoms with Crippen LogP contribution >= 0.6 is 5.81 Å². The Morgan fingerprint density at radius 1 is 0.643 bits per heavy atom. The summed E-state index contributed by atoms with van der Waals surface area (Å²) in [4.78, 5) is 0. The van der Waals surface area contributed by atoms with Crippen molar-refractivity contribution in [2.45, 2.75) is 0 Å². The molecule has 0 spiro atoms. The number of hydrogen-bond donors (Lipinski definition) is 0. The molecule has 0 atom stereocenters. The molecule has 0 saturated carbocycles. The first kappa shape index (κ1) is 10.1. The van der Waals surface area contributed by atoms with E-state index in [1.807, 2.05) is 0 Å². The van der Waals surface area contributed by atoms with E-state index in [4.69, 9.17) is 0 Å². The molecule has 2 aromatic rings. The molecule has 0 aliphatic carbocycles. The van der Waals surface area contributed by atoms with Crippen LogP contribution in [0.5, 0.6) is 0 Å². The van der Waals surface area contributed by atoms with Crippen LogP contribution in [0.3, 0.4) is 0 Å². The predicted octanol–water partition coefficient (Wildman–Crippen LogP) is 2.58. The van der Waals surface area contributed by atoms with Crippen molar-refractivity contribution in [1.29, 1.82) is 0 Å². The molecule has 0 amide bonds. The van der Waals surface area contributed by atoms with Gasteiger partial charge in [0, 0.05) is 0 Å². The minimum atomic E-state index is -0.226. The summed E-state index contributed by atoms with van der Waals surface area (Å²) < 4.78 is 0. The molecule has 0 unspecified atom stereocenters. The fourth-order valence-corrected chi connectivity index (χ4v) is 4.30. The zero-order valence-corrected chi connectivity index (χ0v) is 10.6. The van der Waals surface area contributed by atoms with Crippen molar-refractivity contribution >= 4 is 16.4 Å². The third kappa shape index (κ3) is 2.34. The van der Waals surface area contributed by atoms with E-state index in [1.54, 1.807) is 0 Å². The quantitative estimate of drug-likeness (QED) is 0.554. The van der Waals surface area contributed by atoms with Crippen molar-refractivity contribution in [1.82, 2.24) is 0 Å². The Labute approximate surface area is 97.4 Å². The second-order valence-corrected chi connectivity index (χ2v) is 7.35. The minimum absolute atomic E-state index is 0.226. The first-order valence-electron chi connectivity index (χ1n) is 4.40. The van der Waals surface area contributed by atoms with E-state index in [0.717, 1.165) is 0 Å². The van der Waals surface area contributed by atoms with E-state index in [0.29, 0.717) is 0 Å². The third-order valence-electron chi connectivity index (χ3n) is 1.93. The van der Waals surface area contributed by atoms with Gasteiger partial charge >= 0.3 is 97.6 Å². The van der Waals surface area contributed by atoms with Gasteiger partial charge in [-0.15, -0.1) is 0 Å². The van der Waals surface area contributed by atoms with Crippen LogP contribution in [0.2, 0.25) is 0 Å². The fraction of sp³-hybridized carbons (Fsp3) is 0. The van der Waals surface area contributed by atoms with Gasteiger partial charge in [-0.3, -0.25) is 0 Å². The van der Waals surface area contributed by atoms with Crippen molar-refractivity contribution in [2.24, 2.45) is 0 Å². The van der Waals surface area contributed by atoms with E-state index in [2.05, 4.69) is 81.2 Å². The van der Waals surface area contributed by atoms with E-state index in [1.165, 1.54) is 10.6 Å².